The third-order valence-corrected chi connectivity index (χ3v) is 3.45. The maximum absolute atomic E-state index is 12.6. The van der Waals surface area contributed by atoms with Gasteiger partial charge in [-0.15, -0.1) is 0 Å². The Balaban J connectivity index is 2.51. The minimum atomic E-state index is -1.03. The molecule has 6 heteroatoms. The molecular formula is C16H16N2O4. The summed E-state index contributed by atoms with van der Waals surface area (Å²) in [5.74, 6) is -2.23. The average Bonchev–Trinajstić information content (AvgIpc) is 2.50. The van der Waals surface area contributed by atoms with Crippen LogP contribution in [0.2, 0.25) is 0 Å². The second-order valence-electron chi connectivity index (χ2n) is 4.98. The smallest absolute Gasteiger partial charge is 0.303 e. The number of carboxylic acids is 1. The molecule has 0 saturated carbocycles. The Morgan fingerprint density at radius 1 is 1.09 bits per heavy atom. The molecule has 0 aliphatic heterocycles. The van der Waals surface area contributed by atoms with E-state index in [2.05, 4.69) is 0 Å². The van der Waals surface area contributed by atoms with Crippen molar-refractivity contribution in [3.8, 4) is 0 Å². The first-order valence-electron chi connectivity index (χ1n) is 6.75. The van der Waals surface area contributed by atoms with Gasteiger partial charge in [-0.25, -0.2) is 0 Å². The predicted molar refractivity (Wildman–Crippen MR) is 81.6 cm³/mol. The highest BCUT2D eigenvalue weighted by Gasteiger charge is 2.23. The summed E-state index contributed by atoms with van der Waals surface area (Å²) in [7, 11) is 0. The van der Waals surface area contributed by atoms with Gasteiger partial charge >= 0.3 is 5.97 Å². The van der Waals surface area contributed by atoms with Crippen molar-refractivity contribution in [2.75, 3.05) is 0 Å². The molecular weight excluding hydrogens is 284 g/mol. The normalized spacial score (nSPS) is 12.0. The quantitative estimate of drug-likeness (QED) is 0.694. The molecule has 0 aliphatic rings. The molecule has 2 aromatic rings. The number of aliphatic carboxylic acids is 1. The lowest BCUT2D eigenvalue weighted by Gasteiger charge is -2.14. The Morgan fingerprint density at radius 2 is 1.77 bits per heavy atom. The molecule has 2 rings (SSSR count). The minimum Gasteiger partial charge on any atom is -0.481 e. The van der Waals surface area contributed by atoms with E-state index in [1.807, 2.05) is 6.07 Å². The number of rotatable bonds is 6. The number of benzene rings is 2. The molecule has 0 aliphatic carbocycles. The summed E-state index contributed by atoms with van der Waals surface area (Å²) in [5, 5.41) is 10.0. The lowest BCUT2D eigenvalue weighted by Crippen LogP contribution is -2.33. The number of amides is 1. The van der Waals surface area contributed by atoms with Gasteiger partial charge in [-0.05, 0) is 23.3 Å². The molecule has 0 unspecified atom stereocenters. The molecule has 0 bridgehead atoms. The maximum Gasteiger partial charge on any atom is 0.303 e. The van der Waals surface area contributed by atoms with Crippen LogP contribution < -0.4 is 11.5 Å². The SMILES string of the molecule is NC(=O)c1ccc2ccccc2c1C(=O)[C@@H](N)CCC(=O)O. The fourth-order valence-corrected chi connectivity index (χ4v) is 2.34. The first-order chi connectivity index (χ1) is 10.4. The number of fused-ring (bicyclic) bond motifs is 1. The van der Waals surface area contributed by atoms with E-state index in [0.29, 0.717) is 5.39 Å². The summed E-state index contributed by atoms with van der Waals surface area (Å²) in [6.45, 7) is 0. The van der Waals surface area contributed by atoms with Crippen molar-refractivity contribution in [2.24, 2.45) is 11.5 Å². The van der Waals surface area contributed by atoms with Gasteiger partial charge in [-0.1, -0.05) is 30.3 Å². The van der Waals surface area contributed by atoms with Crippen LogP contribution in [-0.4, -0.2) is 28.8 Å². The minimum absolute atomic E-state index is 0.00438. The molecule has 5 N–H and O–H groups in total. The summed E-state index contributed by atoms with van der Waals surface area (Å²) >= 11 is 0. The summed E-state index contributed by atoms with van der Waals surface area (Å²) in [4.78, 5) is 34.8. The second-order valence-corrected chi connectivity index (χ2v) is 4.98. The van der Waals surface area contributed by atoms with Crippen molar-refractivity contribution < 1.29 is 19.5 Å². The van der Waals surface area contributed by atoms with Crippen LogP contribution in [0.15, 0.2) is 36.4 Å². The lowest BCUT2D eigenvalue weighted by atomic mass is 9.91. The molecule has 1 amide bonds. The number of carbonyl (C=O) groups is 3. The molecule has 1 atom stereocenters. The third-order valence-electron chi connectivity index (χ3n) is 3.45. The number of carbonyl (C=O) groups excluding carboxylic acids is 2. The monoisotopic (exact) mass is 300 g/mol. The Labute approximate surface area is 126 Å². The van der Waals surface area contributed by atoms with Crippen molar-refractivity contribution in [3.05, 3.63) is 47.5 Å². The maximum atomic E-state index is 12.6. The van der Waals surface area contributed by atoms with Crippen molar-refractivity contribution in [3.63, 3.8) is 0 Å². The zero-order chi connectivity index (χ0) is 16.3. The van der Waals surface area contributed by atoms with Crippen LogP contribution in [0.1, 0.15) is 33.6 Å². The fraction of sp³-hybridized carbons (Fsp3) is 0.188. The molecule has 0 spiro atoms. The number of primary amides is 1. The summed E-state index contributed by atoms with van der Waals surface area (Å²) in [6.07, 6.45) is -0.223. The van der Waals surface area contributed by atoms with Crippen LogP contribution in [0.3, 0.4) is 0 Å². The molecule has 0 fully saturated rings. The standard InChI is InChI=1S/C16H16N2O4/c17-12(7-8-13(19)20)15(21)14-10-4-2-1-3-9(10)5-6-11(14)16(18)22/h1-6,12H,7-8,17H2,(H2,18,22)(H,19,20)/t12-/m0/s1. The number of nitrogens with two attached hydrogens (primary N) is 2. The largest absolute Gasteiger partial charge is 0.481 e. The Morgan fingerprint density at radius 3 is 2.41 bits per heavy atom. The van der Waals surface area contributed by atoms with Gasteiger partial charge in [0.2, 0.25) is 5.91 Å². The van der Waals surface area contributed by atoms with Gasteiger partial charge < -0.3 is 16.6 Å². The van der Waals surface area contributed by atoms with Crippen LogP contribution in [0.4, 0.5) is 0 Å². The van der Waals surface area contributed by atoms with E-state index in [1.165, 1.54) is 6.07 Å². The topological polar surface area (TPSA) is 123 Å². The number of ketones is 1. The van der Waals surface area contributed by atoms with Gasteiger partial charge in [-0.2, -0.15) is 0 Å². The lowest BCUT2D eigenvalue weighted by molar-refractivity contribution is -0.137. The van der Waals surface area contributed by atoms with E-state index in [9.17, 15) is 14.4 Å². The van der Waals surface area contributed by atoms with E-state index >= 15 is 0 Å². The van der Waals surface area contributed by atoms with E-state index in [-0.39, 0.29) is 24.0 Å². The second kappa shape index (κ2) is 6.36. The molecule has 0 saturated heterocycles. The Hall–Kier alpha value is -2.73. The number of hydrogen-bond acceptors (Lipinski definition) is 4. The molecule has 0 radical (unpaired) electrons. The molecule has 0 heterocycles. The van der Waals surface area contributed by atoms with E-state index in [4.69, 9.17) is 16.6 Å². The van der Waals surface area contributed by atoms with Gasteiger partial charge in [0.05, 0.1) is 11.6 Å². The average molecular weight is 300 g/mol. The van der Waals surface area contributed by atoms with Gasteiger partial charge in [0.15, 0.2) is 5.78 Å². The molecule has 6 nitrogen and oxygen atoms in total. The van der Waals surface area contributed by atoms with Crippen molar-refractivity contribution in [1.82, 2.24) is 0 Å². The Bertz CT molecular complexity index is 755. The summed E-state index contributed by atoms with van der Waals surface area (Å²) in [6, 6.07) is 9.26. The van der Waals surface area contributed by atoms with Crippen LogP contribution >= 0.6 is 0 Å². The molecule has 114 valence electrons. The molecule has 2 aromatic carbocycles. The first-order valence-corrected chi connectivity index (χ1v) is 6.75. The molecule has 0 aromatic heterocycles. The van der Waals surface area contributed by atoms with Crippen LogP contribution in [-0.2, 0) is 4.79 Å². The van der Waals surface area contributed by atoms with Crippen molar-refractivity contribution in [1.29, 1.82) is 0 Å². The number of carboxylic acid groups (broad SMARTS) is 1. The zero-order valence-corrected chi connectivity index (χ0v) is 11.8. The van der Waals surface area contributed by atoms with Crippen LogP contribution in [0, 0.1) is 0 Å². The highest BCUT2D eigenvalue weighted by molar-refractivity contribution is 6.17. The highest BCUT2D eigenvalue weighted by atomic mass is 16.4. The van der Waals surface area contributed by atoms with Gasteiger partial charge in [0.25, 0.3) is 0 Å². The van der Waals surface area contributed by atoms with Gasteiger partial charge in [0.1, 0.15) is 0 Å². The van der Waals surface area contributed by atoms with Gasteiger partial charge in [0, 0.05) is 12.0 Å². The van der Waals surface area contributed by atoms with Crippen molar-refractivity contribution in [2.45, 2.75) is 18.9 Å². The summed E-state index contributed by atoms with van der Waals surface area (Å²) in [5.41, 5.74) is 11.4. The highest BCUT2D eigenvalue weighted by Crippen LogP contribution is 2.24. The number of hydrogen-bond donors (Lipinski definition) is 3. The van der Waals surface area contributed by atoms with E-state index in [0.717, 1.165) is 5.39 Å². The van der Waals surface area contributed by atoms with E-state index < -0.39 is 23.7 Å². The predicted octanol–water partition coefficient (Wildman–Crippen LogP) is 1.31. The third kappa shape index (κ3) is 3.12. The fourth-order valence-electron chi connectivity index (χ4n) is 2.34. The number of Topliss-reactive ketones (excluding diaryl/α,β-unsaturated/α-hetero) is 1. The first kappa shape index (κ1) is 15.7. The van der Waals surface area contributed by atoms with Crippen molar-refractivity contribution >= 4 is 28.4 Å². The van der Waals surface area contributed by atoms with E-state index in [1.54, 1.807) is 24.3 Å². The van der Waals surface area contributed by atoms with Gasteiger partial charge in [-0.3, -0.25) is 14.4 Å². The van der Waals surface area contributed by atoms with Crippen LogP contribution in [0.25, 0.3) is 10.8 Å². The zero-order valence-electron chi connectivity index (χ0n) is 11.8. The van der Waals surface area contributed by atoms with Crippen LogP contribution in [0.5, 0.6) is 0 Å². The molecule has 22 heavy (non-hydrogen) atoms. The Kier molecular flexibility index (Phi) is 4.53. The summed E-state index contributed by atoms with van der Waals surface area (Å²) < 4.78 is 0.